The van der Waals surface area contributed by atoms with Gasteiger partial charge in [-0.25, -0.2) is 0 Å². The van der Waals surface area contributed by atoms with E-state index < -0.39 is 90.2 Å². The van der Waals surface area contributed by atoms with Gasteiger partial charge in [-0.1, -0.05) is 13.8 Å². The molecule has 6 amide bonds. The lowest BCUT2D eigenvalue weighted by molar-refractivity contribution is -0.176. The fourth-order valence-corrected chi connectivity index (χ4v) is 5.01. The summed E-state index contributed by atoms with van der Waals surface area (Å²) in [6.45, 7) is 1.43. The fraction of sp³-hybridized carbons (Fsp3) is 0.692. The number of hydrogen-bond acceptors (Lipinski definition) is 16. The standard InChI is InChI=1S/C13H24N4O6S.C13H24N4O5S.H2O2/c1-2-5-24(23)8-9(14)12(21)17-10(7-19)13(22)16-6-11(20)15-3-4-18;1-2-5-23-8-9(14)12(21)17-10(7-19)13(22)16-6-11(20)15-3-4-18;1-2/h4,9-10,19H,2-3,5-8,14H2,1H3,(H,15,20)(H,16,22)(H,17,21);4,9-10,19H,2-3,5-8,14H2,1H3,(H,15,20)(H,16,22)(H,17,21);1-2H/t9?,10-,24?;9?,10-;/m00./s1. The number of carbonyl (C=O) groups is 8. The third-order valence-corrected chi connectivity index (χ3v) is 8.25. The van der Waals surface area contributed by atoms with Gasteiger partial charge in [-0.2, -0.15) is 11.8 Å². The van der Waals surface area contributed by atoms with Crippen molar-refractivity contribution in [2.24, 2.45) is 11.5 Å². The first-order chi connectivity index (χ1) is 23.3. The maximum absolute atomic E-state index is 11.9. The molecule has 0 aliphatic carbocycles. The van der Waals surface area contributed by atoms with E-state index in [1.165, 1.54) is 11.8 Å². The van der Waals surface area contributed by atoms with E-state index in [1.54, 1.807) is 0 Å². The highest BCUT2D eigenvalue weighted by molar-refractivity contribution is 7.99. The molecule has 0 aliphatic rings. The highest BCUT2D eigenvalue weighted by atomic mass is 32.2. The molecule has 5 atom stereocenters. The topological polar surface area (TPSA) is 359 Å². The van der Waals surface area contributed by atoms with Crippen molar-refractivity contribution in [3.63, 3.8) is 0 Å². The van der Waals surface area contributed by atoms with Crippen LogP contribution >= 0.6 is 11.8 Å². The molecule has 0 aromatic heterocycles. The summed E-state index contributed by atoms with van der Waals surface area (Å²) in [6.07, 6.45) is 2.65. The predicted molar refractivity (Wildman–Crippen MR) is 179 cm³/mol. The quantitative estimate of drug-likeness (QED) is 0.0189. The lowest BCUT2D eigenvalue weighted by Crippen LogP contribution is -2.55. The van der Waals surface area contributed by atoms with Gasteiger partial charge in [0.2, 0.25) is 35.4 Å². The van der Waals surface area contributed by atoms with Crippen LogP contribution < -0.4 is 43.4 Å². The smallest absolute Gasteiger partial charge is 0.245 e. The number of aliphatic hydroxyl groups is 2. The molecule has 0 radical (unpaired) electrons. The third-order valence-electron chi connectivity index (χ3n) is 5.36. The average Bonchev–Trinajstić information content (AvgIpc) is 3.09. The van der Waals surface area contributed by atoms with Crippen molar-refractivity contribution in [1.82, 2.24) is 31.9 Å². The SMILES string of the molecule is CCCS(=O)CC(N)C(=O)N[C@@H](CO)C(=O)NCC(=O)NCC=O.CCCSCC(N)C(=O)N[C@@H](CO)C(=O)NCC(=O)NCC=O.OO. The van der Waals surface area contributed by atoms with Crippen molar-refractivity contribution >= 4 is 70.6 Å². The third kappa shape index (κ3) is 27.0. The molecular formula is C26H50N8O13S2. The van der Waals surface area contributed by atoms with Gasteiger partial charge in [0, 0.05) is 28.1 Å². The van der Waals surface area contributed by atoms with Crippen LogP contribution in [0.1, 0.15) is 26.7 Å². The largest absolute Gasteiger partial charge is 0.394 e. The second-order valence-corrected chi connectivity index (χ2v) is 12.2. The number of hydrogen-bond donors (Lipinski definition) is 12. The molecule has 284 valence electrons. The monoisotopic (exact) mass is 746 g/mol. The molecule has 0 aliphatic heterocycles. The predicted octanol–water partition coefficient (Wildman–Crippen LogP) is -6.24. The summed E-state index contributed by atoms with van der Waals surface area (Å²) >= 11 is 1.52. The Bertz CT molecular complexity index is 1040. The van der Waals surface area contributed by atoms with E-state index in [2.05, 4.69) is 31.9 Å². The van der Waals surface area contributed by atoms with E-state index in [0.717, 1.165) is 12.2 Å². The van der Waals surface area contributed by atoms with Crippen LogP contribution in [0, 0.1) is 0 Å². The van der Waals surface area contributed by atoms with E-state index in [4.69, 9.17) is 22.0 Å². The summed E-state index contributed by atoms with van der Waals surface area (Å²) in [5, 5.41) is 43.8. The summed E-state index contributed by atoms with van der Waals surface area (Å²) in [5.74, 6) is -2.26. The van der Waals surface area contributed by atoms with Gasteiger partial charge in [0.25, 0.3) is 0 Å². The van der Waals surface area contributed by atoms with Crippen LogP contribution in [-0.2, 0) is 49.2 Å². The molecule has 0 fully saturated rings. The number of aldehydes is 2. The van der Waals surface area contributed by atoms with E-state index in [9.17, 15) is 52.8 Å². The van der Waals surface area contributed by atoms with Crippen molar-refractivity contribution in [2.75, 3.05) is 62.4 Å². The Kier molecular flexibility index (Phi) is 33.5. The van der Waals surface area contributed by atoms with E-state index in [0.29, 0.717) is 30.5 Å². The Hall–Kier alpha value is -3.58. The number of amides is 6. The molecule has 0 saturated carbocycles. The normalized spacial score (nSPS) is 13.1. The second-order valence-electron chi connectivity index (χ2n) is 9.46. The minimum Gasteiger partial charge on any atom is -0.394 e. The molecule has 21 nitrogen and oxygen atoms in total. The summed E-state index contributed by atoms with van der Waals surface area (Å²) < 4.78 is 11.6. The van der Waals surface area contributed by atoms with E-state index in [-0.39, 0.29) is 25.4 Å². The first-order valence-electron chi connectivity index (χ1n) is 14.7. The highest BCUT2D eigenvalue weighted by Gasteiger charge is 2.25. The number of nitrogens with two attached hydrogens (primary N) is 2. The molecular weight excluding hydrogens is 696 g/mol. The number of carbonyl (C=O) groups excluding carboxylic acids is 8. The highest BCUT2D eigenvalue weighted by Crippen LogP contribution is 2.03. The van der Waals surface area contributed by atoms with Gasteiger partial charge in [-0.3, -0.25) is 43.5 Å². The molecule has 0 rings (SSSR count). The van der Waals surface area contributed by atoms with Gasteiger partial charge in [0.1, 0.15) is 24.7 Å². The number of nitrogens with one attached hydrogen (secondary N) is 6. The zero-order valence-corrected chi connectivity index (χ0v) is 29.0. The van der Waals surface area contributed by atoms with Gasteiger partial charge in [-0.05, 0) is 18.6 Å². The van der Waals surface area contributed by atoms with Crippen LogP contribution in [0.15, 0.2) is 0 Å². The summed E-state index contributed by atoms with van der Waals surface area (Å²) in [4.78, 5) is 89.9. The maximum atomic E-state index is 11.9. The van der Waals surface area contributed by atoms with Crippen molar-refractivity contribution in [3.8, 4) is 0 Å². The molecule has 3 unspecified atom stereocenters. The molecule has 0 bridgehead atoms. The molecule has 0 saturated heterocycles. The Morgan fingerprint density at radius 1 is 0.714 bits per heavy atom. The van der Waals surface area contributed by atoms with Crippen molar-refractivity contribution in [1.29, 1.82) is 0 Å². The Morgan fingerprint density at radius 2 is 1.14 bits per heavy atom. The van der Waals surface area contributed by atoms with Gasteiger partial charge in [-0.15, -0.1) is 0 Å². The Morgan fingerprint density at radius 3 is 1.51 bits per heavy atom. The molecule has 23 heteroatoms. The molecule has 0 aromatic carbocycles. The number of thioether (sulfide) groups is 1. The van der Waals surface area contributed by atoms with E-state index >= 15 is 0 Å². The van der Waals surface area contributed by atoms with Crippen LogP contribution in [0.3, 0.4) is 0 Å². The van der Waals surface area contributed by atoms with Gasteiger partial charge in [0.05, 0.1) is 51.5 Å². The van der Waals surface area contributed by atoms with Crippen LogP contribution in [0.25, 0.3) is 0 Å². The molecule has 14 N–H and O–H groups in total. The molecule has 0 heterocycles. The lowest BCUT2D eigenvalue weighted by atomic mass is 10.2. The first-order valence-corrected chi connectivity index (χ1v) is 17.4. The molecule has 0 aromatic rings. The van der Waals surface area contributed by atoms with Crippen molar-refractivity contribution < 1.29 is 63.3 Å². The zero-order chi connectivity index (χ0) is 38.2. The maximum Gasteiger partial charge on any atom is 0.245 e. The fourth-order valence-electron chi connectivity index (χ4n) is 2.98. The second kappa shape index (κ2) is 32.9. The van der Waals surface area contributed by atoms with Crippen LogP contribution in [0.4, 0.5) is 0 Å². The van der Waals surface area contributed by atoms with Crippen LogP contribution in [0.5, 0.6) is 0 Å². The summed E-state index contributed by atoms with van der Waals surface area (Å²) in [5.41, 5.74) is 11.3. The first kappa shape index (κ1) is 49.8. The van der Waals surface area contributed by atoms with Crippen molar-refractivity contribution in [3.05, 3.63) is 0 Å². The molecule has 0 spiro atoms. The lowest BCUT2D eigenvalue weighted by Gasteiger charge is -2.18. The average molecular weight is 747 g/mol. The Balaban J connectivity index is -0.000000822. The molecule has 49 heavy (non-hydrogen) atoms. The van der Waals surface area contributed by atoms with E-state index in [1.807, 2.05) is 13.8 Å². The van der Waals surface area contributed by atoms with Gasteiger partial charge < -0.3 is 63.2 Å². The number of rotatable bonds is 24. The minimum absolute atomic E-state index is 0.0481. The summed E-state index contributed by atoms with van der Waals surface area (Å²) in [7, 11) is -1.24. The van der Waals surface area contributed by atoms with Crippen LogP contribution in [0.2, 0.25) is 0 Å². The zero-order valence-electron chi connectivity index (χ0n) is 27.4. The minimum atomic E-state index is -1.29. The Labute approximate surface area is 290 Å². The van der Waals surface area contributed by atoms with Gasteiger partial charge >= 0.3 is 0 Å². The van der Waals surface area contributed by atoms with Crippen molar-refractivity contribution in [2.45, 2.75) is 50.9 Å². The van der Waals surface area contributed by atoms with Crippen LogP contribution in [-0.4, -0.2) is 160 Å². The number of aliphatic hydroxyl groups excluding tert-OH is 2. The van der Waals surface area contributed by atoms with Gasteiger partial charge in [0.15, 0.2) is 0 Å². The summed E-state index contributed by atoms with van der Waals surface area (Å²) in [6, 6.07) is -4.34.